The quantitative estimate of drug-likeness (QED) is 0.806. The Bertz CT molecular complexity index is 580. The molecule has 19 heavy (non-hydrogen) atoms. The van der Waals surface area contributed by atoms with Crippen molar-refractivity contribution in [2.75, 3.05) is 7.11 Å². The average molecular weight is 329 g/mol. The molecular formula is C13H11BrF2N2O. The predicted molar refractivity (Wildman–Crippen MR) is 70.3 cm³/mol. The highest BCUT2D eigenvalue weighted by Crippen LogP contribution is 2.29. The summed E-state index contributed by atoms with van der Waals surface area (Å²) in [7, 11) is 1.51. The van der Waals surface area contributed by atoms with Crippen LogP contribution in [0.25, 0.3) is 0 Å². The number of benzene rings is 1. The SMILES string of the molecule is COc1cc(CC(Br)c2ccc(F)cc2F)ncn1. The van der Waals surface area contributed by atoms with Gasteiger partial charge in [0.1, 0.15) is 18.0 Å². The van der Waals surface area contributed by atoms with Gasteiger partial charge in [-0.05, 0) is 6.07 Å². The van der Waals surface area contributed by atoms with Gasteiger partial charge in [-0.25, -0.2) is 18.7 Å². The van der Waals surface area contributed by atoms with Crippen molar-refractivity contribution in [3.8, 4) is 5.88 Å². The standard InChI is InChI=1S/C13H11BrF2N2O/c1-19-13-6-9(17-7-18-13)5-11(14)10-3-2-8(15)4-12(10)16/h2-4,6-7,11H,5H2,1H3. The summed E-state index contributed by atoms with van der Waals surface area (Å²) in [6, 6.07) is 5.19. The van der Waals surface area contributed by atoms with Gasteiger partial charge in [-0.2, -0.15) is 0 Å². The summed E-state index contributed by atoms with van der Waals surface area (Å²) in [5.41, 5.74) is 1.09. The highest BCUT2D eigenvalue weighted by molar-refractivity contribution is 9.09. The zero-order chi connectivity index (χ0) is 13.8. The van der Waals surface area contributed by atoms with Crippen LogP contribution in [-0.4, -0.2) is 17.1 Å². The van der Waals surface area contributed by atoms with Crippen LogP contribution in [0.15, 0.2) is 30.6 Å². The Morgan fingerprint density at radius 3 is 2.74 bits per heavy atom. The number of ether oxygens (including phenoxy) is 1. The third kappa shape index (κ3) is 3.47. The molecule has 1 atom stereocenters. The highest BCUT2D eigenvalue weighted by Gasteiger charge is 2.15. The lowest BCUT2D eigenvalue weighted by Gasteiger charge is -2.11. The second kappa shape index (κ2) is 6.06. The van der Waals surface area contributed by atoms with Crippen molar-refractivity contribution in [1.82, 2.24) is 9.97 Å². The summed E-state index contributed by atoms with van der Waals surface area (Å²) >= 11 is 3.38. The van der Waals surface area contributed by atoms with Crippen LogP contribution in [-0.2, 0) is 6.42 Å². The smallest absolute Gasteiger partial charge is 0.216 e. The lowest BCUT2D eigenvalue weighted by Crippen LogP contribution is -2.02. The molecule has 0 radical (unpaired) electrons. The van der Waals surface area contributed by atoms with Crippen LogP contribution in [0, 0.1) is 11.6 Å². The molecule has 0 fully saturated rings. The number of rotatable bonds is 4. The maximum absolute atomic E-state index is 13.6. The minimum Gasteiger partial charge on any atom is -0.481 e. The molecule has 0 saturated heterocycles. The minimum absolute atomic E-state index is 0.298. The first-order valence-corrected chi connectivity index (χ1v) is 6.45. The van der Waals surface area contributed by atoms with Gasteiger partial charge in [0.05, 0.1) is 7.11 Å². The average Bonchev–Trinajstić information content (AvgIpc) is 2.38. The van der Waals surface area contributed by atoms with Crippen molar-refractivity contribution in [1.29, 1.82) is 0 Å². The first-order valence-electron chi connectivity index (χ1n) is 5.54. The molecule has 0 N–H and O–H groups in total. The Morgan fingerprint density at radius 2 is 2.05 bits per heavy atom. The molecule has 3 nitrogen and oxygen atoms in total. The number of methoxy groups -OCH3 is 1. The highest BCUT2D eigenvalue weighted by atomic mass is 79.9. The molecule has 2 rings (SSSR count). The molecule has 1 unspecified atom stereocenters. The monoisotopic (exact) mass is 328 g/mol. The zero-order valence-electron chi connectivity index (χ0n) is 10.1. The first kappa shape index (κ1) is 13.9. The summed E-state index contributed by atoms with van der Waals surface area (Å²) in [6.07, 6.45) is 1.83. The summed E-state index contributed by atoms with van der Waals surface area (Å²) in [4.78, 5) is 7.68. The molecule has 1 aromatic carbocycles. The molecule has 0 aliphatic heterocycles. The molecule has 0 bridgehead atoms. The number of nitrogens with zero attached hydrogens (tertiary/aromatic N) is 2. The van der Waals surface area contributed by atoms with Gasteiger partial charge in [-0.1, -0.05) is 22.0 Å². The summed E-state index contributed by atoms with van der Waals surface area (Å²) in [5, 5.41) is 0. The van der Waals surface area contributed by atoms with Gasteiger partial charge in [-0.3, -0.25) is 0 Å². The fraction of sp³-hybridized carbons (Fsp3) is 0.231. The van der Waals surface area contributed by atoms with Crippen LogP contribution < -0.4 is 4.74 Å². The molecule has 0 aliphatic carbocycles. The van der Waals surface area contributed by atoms with Crippen LogP contribution in [0.5, 0.6) is 5.88 Å². The third-order valence-corrected chi connectivity index (χ3v) is 3.41. The zero-order valence-corrected chi connectivity index (χ0v) is 11.7. The lowest BCUT2D eigenvalue weighted by atomic mass is 10.1. The van der Waals surface area contributed by atoms with Crippen molar-refractivity contribution in [2.24, 2.45) is 0 Å². The molecule has 0 spiro atoms. The van der Waals surface area contributed by atoms with Crippen molar-refractivity contribution in [2.45, 2.75) is 11.2 Å². The number of alkyl halides is 1. The molecule has 0 saturated carbocycles. The number of hydrogen-bond acceptors (Lipinski definition) is 3. The molecule has 1 heterocycles. The van der Waals surface area contributed by atoms with Gasteiger partial charge < -0.3 is 4.74 Å². The summed E-state index contributed by atoms with van der Waals surface area (Å²) < 4.78 is 31.5. The van der Waals surface area contributed by atoms with E-state index in [0.29, 0.717) is 23.6 Å². The van der Waals surface area contributed by atoms with Crippen LogP contribution in [0.4, 0.5) is 8.78 Å². The van der Waals surface area contributed by atoms with Gasteiger partial charge in [0.2, 0.25) is 5.88 Å². The van der Waals surface area contributed by atoms with E-state index in [2.05, 4.69) is 25.9 Å². The number of hydrogen-bond donors (Lipinski definition) is 0. The van der Waals surface area contributed by atoms with E-state index in [1.807, 2.05) is 0 Å². The Morgan fingerprint density at radius 1 is 1.26 bits per heavy atom. The summed E-state index contributed by atoms with van der Waals surface area (Å²) in [5.74, 6) is -0.725. The minimum atomic E-state index is -0.593. The fourth-order valence-electron chi connectivity index (χ4n) is 1.65. The van der Waals surface area contributed by atoms with Crippen LogP contribution in [0.3, 0.4) is 0 Å². The second-order valence-corrected chi connectivity index (χ2v) is 4.99. The largest absolute Gasteiger partial charge is 0.481 e. The Balaban J connectivity index is 2.17. The molecule has 100 valence electrons. The maximum atomic E-state index is 13.6. The van der Waals surface area contributed by atoms with Crippen LogP contribution in [0.2, 0.25) is 0 Å². The topological polar surface area (TPSA) is 35.0 Å². The molecule has 1 aromatic heterocycles. The van der Waals surface area contributed by atoms with Crippen molar-refractivity contribution >= 4 is 15.9 Å². The predicted octanol–water partition coefficient (Wildman–Crippen LogP) is 3.44. The molecule has 2 aromatic rings. The van der Waals surface area contributed by atoms with Gasteiger partial charge in [0.15, 0.2) is 0 Å². The van der Waals surface area contributed by atoms with E-state index >= 15 is 0 Å². The van der Waals surface area contributed by atoms with Crippen LogP contribution >= 0.6 is 15.9 Å². The molecule has 0 aliphatic rings. The first-order chi connectivity index (χ1) is 9.10. The van der Waals surface area contributed by atoms with Gasteiger partial charge in [0.25, 0.3) is 0 Å². The van der Waals surface area contributed by atoms with Crippen molar-refractivity contribution in [3.63, 3.8) is 0 Å². The van der Waals surface area contributed by atoms with Crippen molar-refractivity contribution in [3.05, 3.63) is 53.5 Å². The van der Waals surface area contributed by atoms with E-state index in [1.54, 1.807) is 6.07 Å². The van der Waals surface area contributed by atoms with Gasteiger partial charge in [-0.15, -0.1) is 0 Å². The van der Waals surface area contributed by atoms with Gasteiger partial charge >= 0.3 is 0 Å². The molecule has 6 heteroatoms. The van der Waals surface area contributed by atoms with E-state index < -0.39 is 11.6 Å². The fourth-order valence-corrected chi connectivity index (χ4v) is 2.35. The maximum Gasteiger partial charge on any atom is 0.216 e. The second-order valence-electron chi connectivity index (χ2n) is 3.89. The number of halogens is 3. The number of aromatic nitrogens is 2. The third-order valence-electron chi connectivity index (χ3n) is 2.60. The van der Waals surface area contributed by atoms with E-state index in [-0.39, 0.29) is 4.83 Å². The van der Waals surface area contributed by atoms with E-state index in [0.717, 1.165) is 6.07 Å². The lowest BCUT2D eigenvalue weighted by molar-refractivity contribution is 0.396. The normalized spacial score (nSPS) is 12.2. The van der Waals surface area contributed by atoms with Crippen LogP contribution in [0.1, 0.15) is 16.1 Å². The Hall–Kier alpha value is -1.56. The molecule has 0 amide bonds. The Kier molecular flexibility index (Phi) is 4.42. The molecular weight excluding hydrogens is 318 g/mol. The summed E-state index contributed by atoms with van der Waals surface area (Å²) in [6.45, 7) is 0. The van der Waals surface area contributed by atoms with E-state index in [1.165, 1.54) is 25.6 Å². The van der Waals surface area contributed by atoms with Crippen molar-refractivity contribution < 1.29 is 13.5 Å². The van der Waals surface area contributed by atoms with E-state index in [9.17, 15) is 8.78 Å². The van der Waals surface area contributed by atoms with E-state index in [4.69, 9.17) is 4.74 Å². The Labute approximate surface area is 117 Å². The van der Waals surface area contributed by atoms with Gasteiger partial charge in [0, 0.05) is 34.6 Å².